The van der Waals surface area contributed by atoms with Gasteiger partial charge in [0.25, 0.3) is 5.91 Å². The van der Waals surface area contributed by atoms with Crippen molar-refractivity contribution in [1.82, 2.24) is 9.97 Å². The van der Waals surface area contributed by atoms with Crippen LogP contribution in [0, 0.1) is 17.6 Å². The van der Waals surface area contributed by atoms with Crippen molar-refractivity contribution in [3.05, 3.63) is 71.7 Å². The van der Waals surface area contributed by atoms with Crippen molar-refractivity contribution in [2.45, 2.75) is 38.3 Å². The lowest BCUT2D eigenvalue weighted by atomic mass is 9.85. The number of aromatic nitrogens is 2. The Hall–Kier alpha value is -2.84. The number of hydrogen-bond acceptors (Lipinski definition) is 6. The highest BCUT2D eigenvalue weighted by Gasteiger charge is 2.41. The van der Waals surface area contributed by atoms with Crippen LogP contribution in [0.5, 0.6) is 0 Å². The Labute approximate surface area is 197 Å². The lowest BCUT2D eigenvalue weighted by Crippen LogP contribution is -2.49. The zero-order valence-corrected chi connectivity index (χ0v) is 19.6. The molecule has 1 aliphatic heterocycles. The smallest absolute Gasteiger partial charge is 0.274 e. The Kier molecular flexibility index (Phi) is 7.00. The molecule has 3 heterocycles. The number of aliphatic hydroxyl groups excluding tert-OH is 2. The third kappa shape index (κ3) is 4.57. The van der Waals surface area contributed by atoms with Gasteiger partial charge in [0, 0.05) is 23.2 Å². The summed E-state index contributed by atoms with van der Waals surface area (Å²) in [6.07, 6.45) is -0.358. The monoisotopic (exact) mass is 487 g/mol. The van der Waals surface area contributed by atoms with Crippen molar-refractivity contribution in [3.63, 3.8) is 0 Å². The largest absolute Gasteiger partial charge is 0.390 e. The normalized spacial score (nSPS) is 24.6. The molecule has 2 aromatic heterocycles. The van der Waals surface area contributed by atoms with Crippen molar-refractivity contribution in [3.8, 4) is 11.3 Å². The fourth-order valence-electron chi connectivity index (χ4n) is 4.04. The number of benzene rings is 1. The molecule has 10 heteroatoms. The first-order chi connectivity index (χ1) is 16.2. The van der Waals surface area contributed by atoms with E-state index in [-0.39, 0.29) is 17.0 Å². The molecule has 0 aliphatic carbocycles. The predicted octanol–water partition coefficient (Wildman–Crippen LogP) is 2.99. The van der Waals surface area contributed by atoms with Crippen molar-refractivity contribution in [1.29, 1.82) is 0 Å². The lowest BCUT2D eigenvalue weighted by molar-refractivity contribution is -0.192. The van der Waals surface area contributed by atoms with E-state index < -0.39 is 47.9 Å². The Morgan fingerprint density at radius 1 is 1.09 bits per heavy atom. The SMILES string of the molecule is C[C@H]1[C@@H](O)[C@H](O)[C@@H](C)O[C@H]1c1ccncc1NC(=O)c1ccc(F)c(-c2c(F)cccc2P)n1. The van der Waals surface area contributed by atoms with Crippen LogP contribution >= 0.6 is 9.24 Å². The van der Waals surface area contributed by atoms with Gasteiger partial charge in [-0.05, 0) is 36.5 Å². The van der Waals surface area contributed by atoms with Crippen LogP contribution in [-0.4, -0.2) is 44.4 Å². The Morgan fingerprint density at radius 3 is 2.59 bits per heavy atom. The molecule has 1 amide bonds. The maximum atomic E-state index is 14.5. The average Bonchev–Trinajstić information content (AvgIpc) is 2.81. The second-order valence-electron chi connectivity index (χ2n) is 8.25. The standard InChI is InChI=1S/C24H24F2N3O4P/c1-11-21(30)22(31)12(2)33-23(11)13-8-9-27-10-17(13)29-24(32)16-7-6-15(26)20(28-16)19-14(25)4-3-5-18(19)34/h3-12,21-23,30-31H,34H2,1-2H3,(H,29,32)/t11-,12+,21+,22+,23+/m0/s1. The highest BCUT2D eigenvalue weighted by molar-refractivity contribution is 7.28. The van der Waals surface area contributed by atoms with E-state index in [0.717, 1.165) is 6.07 Å². The van der Waals surface area contributed by atoms with Gasteiger partial charge in [0.15, 0.2) is 0 Å². The molecule has 7 nitrogen and oxygen atoms in total. The number of pyridine rings is 2. The number of nitrogens with one attached hydrogen (secondary N) is 1. The van der Waals surface area contributed by atoms with Gasteiger partial charge in [0.2, 0.25) is 0 Å². The van der Waals surface area contributed by atoms with Gasteiger partial charge in [0.1, 0.15) is 29.1 Å². The Morgan fingerprint density at radius 2 is 1.85 bits per heavy atom. The number of aliphatic hydroxyl groups is 2. The van der Waals surface area contributed by atoms with Crippen LogP contribution in [0.4, 0.5) is 14.5 Å². The number of carbonyl (C=O) groups is 1. The number of amides is 1. The molecule has 3 aromatic rings. The quantitative estimate of drug-likeness (QED) is 0.489. The van der Waals surface area contributed by atoms with Crippen molar-refractivity contribution in [2.24, 2.45) is 5.92 Å². The summed E-state index contributed by atoms with van der Waals surface area (Å²) >= 11 is 0. The first kappa shape index (κ1) is 24.3. The molecule has 1 unspecified atom stereocenters. The average molecular weight is 487 g/mol. The molecular weight excluding hydrogens is 463 g/mol. The third-order valence-electron chi connectivity index (χ3n) is 5.98. The number of hydrogen-bond donors (Lipinski definition) is 3. The van der Waals surface area contributed by atoms with Crippen molar-refractivity contribution < 1.29 is 28.5 Å². The first-order valence-corrected chi connectivity index (χ1v) is 11.2. The Balaban J connectivity index is 1.65. The third-order valence-corrected chi connectivity index (χ3v) is 6.46. The number of halogens is 2. The first-order valence-electron chi connectivity index (χ1n) is 10.7. The van der Waals surface area contributed by atoms with Gasteiger partial charge in [-0.3, -0.25) is 9.78 Å². The van der Waals surface area contributed by atoms with Gasteiger partial charge in [-0.1, -0.05) is 19.1 Å². The minimum Gasteiger partial charge on any atom is -0.390 e. The molecule has 0 bridgehead atoms. The molecule has 0 saturated carbocycles. The van der Waals surface area contributed by atoms with Crippen molar-refractivity contribution >= 4 is 26.1 Å². The molecule has 34 heavy (non-hydrogen) atoms. The van der Waals surface area contributed by atoms with E-state index in [1.165, 1.54) is 30.6 Å². The number of carbonyl (C=O) groups excluding carboxylic acids is 1. The molecule has 1 saturated heterocycles. The van der Waals surface area contributed by atoms with E-state index in [1.807, 2.05) is 0 Å². The number of rotatable bonds is 4. The minimum atomic E-state index is -1.03. The molecule has 1 aliphatic rings. The number of nitrogens with zero attached hydrogens (tertiary/aromatic N) is 2. The van der Waals surface area contributed by atoms with Gasteiger partial charge in [-0.2, -0.15) is 0 Å². The zero-order chi connectivity index (χ0) is 24.6. The predicted molar refractivity (Wildman–Crippen MR) is 126 cm³/mol. The topological polar surface area (TPSA) is 105 Å². The van der Waals surface area contributed by atoms with E-state index in [9.17, 15) is 23.8 Å². The second kappa shape index (κ2) is 9.80. The number of ether oxygens (including phenoxy) is 1. The van der Waals surface area contributed by atoms with Gasteiger partial charge in [0.05, 0.1) is 30.2 Å². The fourth-order valence-corrected chi connectivity index (χ4v) is 4.42. The highest BCUT2D eigenvalue weighted by atomic mass is 31.0. The van der Waals surface area contributed by atoms with Gasteiger partial charge in [-0.15, -0.1) is 9.24 Å². The fraction of sp³-hybridized carbons (Fsp3) is 0.292. The van der Waals surface area contributed by atoms with Crippen LogP contribution in [0.25, 0.3) is 11.3 Å². The van der Waals surface area contributed by atoms with Gasteiger partial charge < -0.3 is 20.3 Å². The summed E-state index contributed by atoms with van der Waals surface area (Å²) in [6, 6.07) is 8.19. The minimum absolute atomic E-state index is 0.0484. The zero-order valence-electron chi connectivity index (χ0n) is 18.4. The van der Waals surface area contributed by atoms with E-state index in [1.54, 1.807) is 26.0 Å². The molecular formula is C24H24F2N3O4P. The Bertz CT molecular complexity index is 1210. The highest BCUT2D eigenvalue weighted by Crippen LogP contribution is 2.39. The van der Waals surface area contributed by atoms with E-state index in [4.69, 9.17) is 4.74 Å². The maximum absolute atomic E-state index is 14.5. The summed E-state index contributed by atoms with van der Waals surface area (Å²) in [7, 11) is 2.33. The molecule has 1 aromatic carbocycles. The maximum Gasteiger partial charge on any atom is 0.274 e. The molecule has 1 fully saturated rings. The summed E-state index contributed by atoms with van der Waals surface area (Å²) in [4.78, 5) is 21.2. The molecule has 178 valence electrons. The van der Waals surface area contributed by atoms with Crippen LogP contribution in [0.2, 0.25) is 0 Å². The molecule has 6 atom stereocenters. The van der Waals surface area contributed by atoms with Crippen LogP contribution in [-0.2, 0) is 4.74 Å². The van der Waals surface area contributed by atoms with Gasteiger partial charge >= 0.3 is 0 Å². The number of anilines is 1. The van der Waals surface area contributed by atoms with E-state index in [2.05, 4.69) is 24.5 Å². The van der Waals surface area contributed by atoms with Crippen LogP contribution in [0.3, 0.4) is 0 Å². The summed E-state index contributed by atoms with van der Waals surface area (Å²) < 4.78 is 34.8. The summed E-state index contributed by atoms with van der Waals surface area (Å²) in [6.45, 7) is 3.39. The lowest BCUT2D eigenvalue weighted by Gasteiger charge is -2.41. The summed E-state index contributed by atoms with van der Waals surface area (Å²) in [5, 5.41) is 23.6. The summed E-state index contributed by atoms with van der Waals surface area (Å²) in [5.41, 5.74) is 0.410. The van der Waals surface area contributed by atoms with Crippen LogP contribution < -0.4 is 10.6 Å². The second-order valence-corrected chi connectivity index (χ2v) is 8.87. The molecule has 3 N–H and O–H groups in total. The molecule has 0 radical (unpaired) electrons. The van der Waals surface area contributed by atoms with Gasteiger partial charge in [-0.25, -0.2) is 13.8 Å². The van der Waals surface area contributed by atoms with Crippen molar-refractivity contribution in [2.75, 3.05) is 5.32 Å². The summed E-state index contributed by atoms with van der Waals surface area (Å²) in [5.74, 6) is -2.56. The molecule has 0 spiro atoms. The van der Waals surface area contributed by atoms with E-state index in [0.29, 0.717) is 16.6 Å². The van der Waals surface area contributed by atoms with Crippen LogP contribution in [0.1, 0.15) is 36.0 Å². The molecule has 4 rings (SSSR count). The van der Waals surface area contributed by atoms with Crippen LogP contribution in [0.15, 0.2) is 48.8 Å². The van der Waals surface area contributed by atoms with E-state index >= 15 is 0 Å².